The smallest absolute Gasteiger partial charge is 0.314 e. The fraction of sp³-hybridized carbons (Fsp3) is 0.700. The second-order valence-electron chi connectivity index (χ2n) is 3.98. The van der Waals surface area contributed by atoms with E-state index >= 15 is 0 Å². The predicted molar refractivity (Wildman–Crippen MR) is 51.1 cm³/mol. The van der Waals surface area contributed by atoms with E-state index in [1.54, 1.807) is 20.8 Å². The van der Waals surface area contributed by atoms with Gasteiger partial charge in [-0.2, -0.15) is 0 Å². The first-order valence-electron chi connectivity index (χ1n) is 4.45. The molecular weight excluding hydrogens is 184 g/mol. The number of carbonyl (C=O) groups is 2. The molecule has 0 spiro atoms. The minimum Gasteiger partial charge on any atom is -0.425 e. The molecule has 1 atom stereocenters. The number of ether oxygens (including phenoxy) is 2. The van der Waals surface area contributed by atoms with Crippen LogP contribution in [0.3, 0.4) is 0 Å². The van der Waals surface area contributed by atoms with E-state index in [1.807, 2.05) is 0 Å². The van der Waals surface area contributed by atoms with Crippen molar-refractivity contribution < 1.29 is 19.1 Å². The Morgan fingerprint density at radius 1 is 1.29 bits per heavy atom. The van der Waals surface area contributed by atoms with Crippen LogP contribution in [0.2, 0.25) is 0 Å². The Morgan fingerprint density at radius 3 is 2.07 bits per heavy atom. The van der Waals surface area contributed by atoms with E-state index in [4.69, 9.17) is 9.47 Å². The maximum atomic E-state index is 11.4. The standard InChI is InChI=1S/C10H17O4/c1-6-8(13-7(2)11)14-9(12)10(3,4)5/h8H,1,6H2,2-5H3. The van der Waals surface area contributed by atoms with E-state index < -0.39 is 23.6 Å². The second kappa shape index (κ2) is 4.98. The molecular formula is C10H17O4. The van der Waals surface area contributed by atoms with Gasteiger partial charge >= 0.3 is 11.9 Å². The van der Waals surface area contributed by atoms with Crippen molar-refractivity contribution in [1.82, 2.24) is 0 Å². The minimum absolute atomic E-state index is 0.210. The van der Waals surface area contributed by atoms with Gasteiger partial charge in [-0.25, -0.2) is 0 Å². The summed E-state index contributed by atoms with van der Waals surface area (Å²) in [5.74, 6) is -0.896. The lowest BCUT2D eigenvalue weighted by Crippen LogP contribution is -2.30. The SMILES string of the molecule is [CH2]CC(OC(C)=O)OC(=O)C(C)(C)C. The van der Waals surface area contributed by atoms with Crippen molar-refractivity contribution in [3.8, 4) is 0 Å². The third-order valence-corrected chi connectivity index (χ3v) is 1.38. The van der Waals surface area contributed by atoms with Gasteiger partial charge < -0.3 is 9.47 Å². The molecule has 4 heteroatoms. The molecule has 0 fully saturated rings. The van der Waals surface area contributed by atoms with Crippen molar-refractivity contribution >= 4 is 11.9 Å². The largest absolute Gasteiger partial charge is 0.425 e. The van der Waals surface area contributed by atoms with E-state index in [9.17, 15) is 9.59 Å². The summed E-state index contributed by atoms with van der Waals surface area (Å²) in [6.07, 6.45) is -0.666. The van der Waals surface area contributed by atoms with Crippen LogP contribution in [-0.2, 0) is 19.1 Å². The molecule has 0 aliphatic carbocycles. The molecule has 81 valence electrons. The molecule has 0 bridgehead atoms. The third kappa shape index (κ3) is 4.84. The van der Waals surface area contributed by atoms with Crippen molar-refractivity contribution in [2.24, 2.45) is 5.41 Å². The summed E-state index contributed by atoms with van der Waals surface area (Å²) < 4.78 is 9.65. The second-order valence-corrected chi connectivity index (χ2v) is 3.98. The molecule has 0 saturated carbocycles. The quantitative estimate of drug-likeness (QED) is 0.515. The first-order chi connectivity index (χ1) is 6.27. The number of hydrogen-bond donors (Lipinski definition) is 0. The van der Waals surface area contributed by atoms with Crippen LogP contribution in [0.15, 0.2) is 0 Å². The van der Waals surface area contributed by atoms with Crippen molar-refractivity contribution in [3.05, 3.63) is 6.92 Å². The Labute approximate surface area is 84.6 Å². The van der Waals surface area contributed by atoms with Crippen LogP contribution < -0.4 is 0 Å². The highest BCUT2D eigenvalue weighted by Crippen LogP contribution is 2.17. The zero-order valence-electron chi connectivity index (χ0n) is 9.12. The lowest BCUT2D eigenvalue weighted by molar-refractivity contribution is -0.191. The summed E-state index contributed by atoms with van der Waals surface area (Å²) in [6, 6.07) is 0. The molecule has 0 aliphatic rings. The fourth-order valence-electron chi connectivity index (χ4n) is 0.623. The van der Waals surface area contributed by atoms with E-state index in [0.29, 0.717) is 0 Å². The summed E-state index contributed by atoms with van der Waals surface area (Å²) >= 11 is 0. The molecule has 0 aliphatic heterocycles. The lowest BCUT2D eigenvalue weighted by Gasteiger charge is -2.21. The molecule has 0 heterocycles. The van der Waals surface area contributed by atoms with Crippen LogP contribution in [0.5, 0.6) is 0 Å². The highest BCUT2D eigenvalue weighted by atomic mass is 16.7. The fourth-order valence-corrected chi connectivity index (χ4v) is 0.623. The van der Waals surface area contributed by atoms with Crippen molar-refractivity contribution in [2.75, 3.05) is 0 Å². The van der Waals surface area contributed by atoms with Gasteiger partial charge in [0.1, 0.15) is 0 Å². The molecule has 0 aromatic heterocycles. The van der Waals surface area contributed by atoms with Crippen LogP contribution in [-0.4, -0.2) is 18.2 Å². The first-order valence-corrected chi connectivity index (χ1v) is 4.45. The van der Waals surface area contributed by atoms with E-state index in [1.165, 1.54) is 6.92 Å². The Balaban J connectivity index is 4.19. The molecule has 0 aromatic rings. The van der Waals surface area contributed by atoms with Gasteiger partial charge in [-0.1, -0.05) is 0 Å². The first kappa shape index (κ1) is 12.9. The molecule has 0 amide bonds. The van der Waals surface area contributed by atoms with Crippen LogP contribution in [0.4, 0.5) is 0 Å². The zero-order chi connectivity index (χ0) is 11.4. The monoisotopic (exact) mass is 201 g/mol. The highest BCUT2D eigenvalue weighted by molar-refractivity contribution is 5.75. The van der Waals surface area contributed by atoms with Crippen LogP contribution in [0, 0.1) is 12.3 Å². The summed E-state index contributed by atoms with van der Waals surface area (Å²) in [4.78, 5) is 22.0. The van der Waals surface area contributed by atoms with Gasteiger partial charge in [0, 0.05) is 13.3 Å². The van der Waals surface area contributed by atoms with Crippen LogP contribution >= 0.6 is 0 Å². The topological polar surface area (TPSA) is 52.6 Å². The summed E-state index contributed by atoms with van der Waals surface area (Å²) in [6.45, 7) is 9.95. The van der Waals surface area contributed by atoms with Crippen molar-refractivity contribution in [2.45, 2.75) is 40.4 Å². The molecule has 4 nitrogen and oxygen atoms in total. The van der Waals surface area contributed by atoms with Crippen molar-refractivity contribution in [1.29, 1.82) is 0 Å². The van der Waals surface area contributed by atoms with Gasteiger partial charge in [-0.3, -0.25) is 9.59 Å². The molecule has 1 unspecified atom stereocenters. The van der Waals surface area contributed by atoms with Gasteiger partial charge in [-0.05, 0) is 27.7 Å². The van der Waals surface area contributed by atoms with E-state index in [0.717, 1.165) is 0 Å². The van der Waals surface area contributed by atoms with Gasteiger partial charge in [0.25, 0.3) is 0 Å². The molecule has 0 aromatic carbocycles. The maximum absolute atomic E-state index is 11.4. The molecule has 0 rings (SSSR count). The van der Waals surface area contributed by atoms with Gasteiger partial charge in [-0.15, -0.1) is 0 Å². The van der Waals surface area contributed by atoms with Crippen LogP contribution in [0.1, 0.15) is 34.1 Å². The molecule has 0 N–H and O–H groups in total. The zero-order valence-corrected chi connectivity index (χ0v) is 9.12. The number of esters is 2. The highest BCUT2D eigenvalue weighted by Gasteiger charge is 2.26. The van der Waals surface area contributed by atoms with Gasteiger partial charge in [0.05, 0.1) is 5.41 Å². The average molecular weight is 201 g/mol. The van der Waals surface area contributed by atoms with Crippen molar-refractivity contribution in [3.63, 3.8) is 0 Å². The third-order valence-electron chi connectivity index (χ3n) is 1.38. The van der Waals surface area contributed by atoms with Gasteiger partial charge in [0.15, 0.2) is 0 Å². The molecule has 1 radical (unpaired) electrons. The van der Waals surface area contributed by atoms with E-state index in [-0.39, 0.29) is 6.42 Å². The Kier molecular flexibility index (Phi) is 4.60. The number of carbonyl (C=O) groups excluding carboxylic acids is 2. The molecule has 14 heavy (non-hydrogen) atoms. The predicted octanol–water partition coefficient (Wildman–Crippen LogP) is 1.69. The number of hydrogen-bond acceptors (Lipinski definition) is 4. The summed E-state index contributed by atoms with van der Waals surface area (Å²) in [5.41, 5.74) is -0.604. The Hall–Kier alpha value is -1.06. The summed E-state index contributed by atoms with van der Waals surface area (Å²) in [5, 5.41) is 0. The number of rotatable bonds is 3. The lowest BCUT2D eigenvalue weighted by atomic mass is 9.97. The Bertz CT molecular complexity index is 215. The normalized spacial score (nSPS) is 13.2. The maximum Gasteiger partial charge on any atom is 0.314 e. The average Bonchev–Trinajstić information content (AvgIpc) is 2.00. The minimum atomic E-state index is -0.876. The van der Waals surface area contributed by atoms with Gasteiger partial charge in [0.2, 0.25) is 6.29 Å². The summed E-state index contributed by atoms with van der Waals surface area (Å²) in [7, 11) is 0. The van der Waals surface area contributed by atoms with E-state index in [2.05, 4.69) is 6.92 Å². The molecule has 0 saturated heterocycles. The van der Waals surface area contributed by atoms with Crippen LogP contribution in [0.25, 0.3) is 0 Å². The Morgan fingerprint density at radius 2 is 1.79 bits per heavy atom.